The van der Waals surface area contributed by atoms with Crippen molar-refractivity contribution in [1.82, 2.24) is 20.2 Å². The summed E-state index contributed by atoms with van der Waals surface area (Å²) in [5.41, 5.74) is 1.27. The quantitative estimate of drug-likeness (QED) is 0.530. The van der Waals surface area contributed by atoms with E-state index in [0.29, 0.717) is 12.2 Å². The summed E-state index contributed by atoms with van der Waals surface area (Å²) in [6.07, 6.45) is 0. The van der Waals surface area contributed by atoms with E-state index in [2.05, 4.69) is 20.2 Å². The number of benzene rings is 2. The van der Waals surface area contributed by atoms with Crippen molar-refractivity contribution in [2.45, 2.75) is 18.0 Å². The van der Waals surface area contributed by atoms with Crippen molar-refractivity contribution in [3.63, 3.8) is 0 Å². The lowest BCUT2D eigenvalue weighted by molar-refractivity contribution is 0.0944. The van der Waals surface area contributed by atoms with Crippen molar-refractivity contribution in [1.29, 1.82) is 0 Å². The number of methoxy groups -OCH3 is 1. The lowest BCUT2D eigenvalue weighted by Crippen LogP contribution is -2.26. The van der Waals surface area contributed by atoms with Crippen LogP contribution >= 0.6 is 11.6 Å². The normalized spacial score (nSPS) is 11.2. The Kier molecular flexibility index (Phi) is 7.16. The van der Waals surface area contributed by atoms with Crippen molar-refractivity contribution in [3.05, 3.63) is 82.4 Å². The zero-order valence-electron chi connectivity index (χ0n) is 16.3. The lowest BCUT2D eigenvalue weighted by atomic mass is 10.2. The third kappa shape index (κ3) is 5.97. The van der Waals surface area contributed by atoms with E-state index >= 15 is 0 Å². The fourth-order valence-electron chi connectivity index (χ4n) is 2.49. The molecule has 162 valence electrons. The van der Waals surface area contributed by atoms with Crippen LogP contribution in [-0.4, -0.2) is 31.6 Å². The molecule has 0 unspecified atom stereocenters. The van der Waals surface area contributed by atoms with Gasteiger partial charge in [0.25, 0.3) is 5.91 Å². The van der Waals surface area contributed by atoms with Gasteiger partial charge in [-0.25, -0.2) is 17.5 Å². The van der Waals surface area contributed by atoms with Crippen LogP contribution in [0.3, 0.4) is 0 Å². The molecule has 0 bridgehead atoms. The number of nitrogens with zero attached hydrogens (tertiary/aromatic N) is 2. The molecule has 31 heavy (non-hydrogen) atoms. The monoisotopic (exact) mass is 464 g/mol. The van der Waals surface area contributed by atoms with Gasteiger partial charge in [0.15, 0.2) is 5.69 Å². The minimum absolute atomic E-state index is 0.0884. The molecule has 0 radical (unpaired) electrons. The third-order valence-electron chi connectivity index (χ3n) is 4.21. The maximum atomic E-state index is 13.2. The molecule has 8 nitrogen and oxygen atoms in total. The highest BCUT2D eigenvalue weighted by atomic mass is 35.5. The largest absolute Gasteiger partial charge is 0.497 e. The molecule has 2 aromatic carbocycles. The molecule has 0 aliphatic carbocycles. The van der Waals surface area contributed by atoms with Crippen molar-refractivity contribution < 1.29 is 22.3 Å². The number of sulfonamides is 1. The summed E-state index contributed by atoms with van der Waals surface area (Å²) >= 11 is 5.63. The predicted molar refractivity (Wildman–Crippen MR) is 112 cm³/mol. The van der Waals surface area contributed by atoms with E-state index in [9.17, 15) is 17.6 Å². The third-order valence-corrected chi connectivity index (χ3v) is 5.90. The van der Waals surface area contributed by atoms with E-state index in [-0.39, 0.29) is 22.2 Å². The van der Waals surface area contributed by atoms with Gasteiger partial charge in [-0.3, -0.25) is 4.79 Å². The standard InChI is InChI=1S/C20H18ClFN4O4S/c1-30-15-5-2-13(3-6-15)11-23-20(27)19-9-4-14(25-26-19)12-24-31(28,29)16-7-8-18(22)17(21)10-16/h2-10,24H,11-12H2,1H3,(H,23,27). The number of nitrogens with one attached hydrogen (secondary N) is 2. The molecule has 0 saturated carbocycles. The first kappa shape index (κ1) is 22.6. The van der Waals surface area contributed by atoms with Crippen LogP contribution in [0.25, 0.3) is 0 Å². The minimum Gasteiger partial charge on any atom is -0.497 e. The summed E-state index contributed by atoms with van der Waals surface area (Å²) in [5.74, 6) is -0.418. The van der Waals surface area contributed by atoms with Crippen LogP contribution in [0.4, 0.5) is 4.39 Å². The number of ether oxygens (including phenoxy) is 1. The maximum absolute atomic E-state index is 13.2. The lowest BCUT2D eigenvalue weighted by Gasteiger charge is -2.08. The summed E-state index contributed by atoms with van der Waals surface area (Å²) < 4.78 is 45.2. The van der Waals surface area contributed by atoms with Gasteiger partial charge in [0.1, 0.15) is 11.6 Å². The molecule has 0 atom stereocenters. The Morgan fingerprint density at radius 1 is 1.06 bits per heavy atom. The van der Waals surface area contributed by atoms with Crippen LogP contribution in [0.5, 0.6) is 5.75 Å². The predicted octanol–water partition coefficient (Wildman–Crippen LogP) is 2.69. The average molecular weight is 465 g/mol. The molecule has 3 aromatic rings. The van der Waals surface area contributed by atoms with Crippen LogP contribution in [0.15, 0.2) is 59.5 Å². The van der Waals surface area contributed by atoms with Gasteiger partial charge in [-0.05, 0) is 48.0 Å². The molecule has 11 heteroatoms. The first-order valence-electron chi connectivity index (χ1n) is 8.97. The van der Waals surface area contributed by atoms with E-state index in [4.69, 9.17) is 16.3 Å². The average Bonchev–Trinajstić information content (AvgIpc) is 2.78. The molecule has 2 N–H and O–H groups in total. The summed E-state index contributed by atoms with van der Waals surface area (Å²) in [5, 5.41) is 10.1. The second kappa shape index (κ2) is 9.82. The first-order valence-corrected chi connectivity index (χ1v) is 10.8. The SMILES string of the molecule is COc1ccc(CNC(=O)c2ccc(CNS(=O)(=O)c3ccc(F)c(Cl)c3)nn2)cc1. The molecular weight excluding hydrogens is 447 g/mol. The molecule has 0 aliphatic rings. The first-order chi connectivity index (χ1) is 14.8. The van der Waals surface area contributed by atoms with Crippen LogP contribution in [0, 0.1) is 5.82 Å². The molecule has 1 heterocycles. The van der Waals surface area contributed by atoms with Crippen LogP contribution in [0.1, 0.15) is 21.7 Å². The number of hydrogen-bond acceptors (Lipinski definition) is 6. The van der Waals surface area contributed by atoms with Gasteiger partial charge in [0.2, 0.25) is 10.0 Å². The molecule has 0 saturated heterocycles. The number of aromatic nitrogens is 2. The number of amides is 1. The summed E-state index contributed by atoms with van der Waals surface area (Å²) in [6, 6.07) is 13.2. The van der Waals surface area contributed by atoms with Gasteiger partial charge in [0, 0.05) is 6.54 Å². The highest BCUT2D eigenvalue weighted by Gasteiger charge is 2.16. The molecule has 3 rings (SSSR count). The molecular formula is C20H18ClFN4O4S. The molecule has 0 aliphatic heterocycles. The topological polar surface area (TPSA) is 110 Å². The number of rotatable bonds is 8. The van der Waals surface area contributed by atoms with Gasteiger partial charge < -0.3 is 10.1 Å². The van der Waals surface area contributed by atoms with Gasteiger partial charge in [-0.2, -0.15) is 5.10 Å². The number of hydrogen-bond donors (Lipinski definition) is 2. The van der Waals surface area contributed by atoms with Crippen LogP contribution in [0.2, 0.25) is 5.02 Å². The Morgan fingerprint density at radius 2 is 1.81 bits per heavy atom. The van der Waals surface area contributed by atoms with Gasteiger partial charge >= 0.3 is 0 Å². The van der Waals surface area contributed by atoms with Crippen molar-refractivity contribution in [2.24, 2.45) is 0 Å². The highest BCUT2D eigenvalue weighted by molar-refractivity contribution is 7.89. The minimum atomic E-state index is -3.93. The number of carbonyl (C=O) groups is 1. The van der Waals surface area contributed by atoms with Crippen LogP contribution in [-0.2, 0) is 23.1 Å². The molecule has 1 amide bonds. The fourth-order valence-corrected chi connectivity index (χ4v) is 3.76. The van der Waals surface area contributed by atoms with E-state index in [1.54, 1.807) is 19.2 Å². The fraction of sp³-hybridized carbons (Fsp3) is 0.150. The Hall–Kier alpha value is -3.08. The second-order valence-corrected chi connectivity index (χ2v) is 8.52. The van der Waals surface area contributed by atoms with E-state index < -0.39 is 21.7 Å². The smallest absolute Gasteiger partial charge is 0.272 e. The molecule has 1 aromatic heterocycles. The van der Waals surface area contributed by atoms with Gasteiger partial charge in [-0.1, -0.05) is 23.7 Å². The maximum Gasteiger partial charge on any atom is 0.272 e. The Balaban J connectivity index is 1.56. The zero-order chi connectivity index (χ0) is 22.4. The Labute approximate surface area is 183 Å². The summed E-state index contributed by atoms with van der Waals surface area (Å²) in [6.45, 7) is 0.129. The van der Waals surface area contributed by atoms with Crippen LogP contribution < -0.4 is 14.8 Å². The Bertz CT molecular complexity index is 1170. The Morgan fingerprint density at radius 3 is 2.42 bits per heavy atom. The molecule has 0 fully saturated rings. The number of carbonyl (C=O) groups excluding carboxylic acids is 1. The zero-order valence-corrected chi connectivity index (χ0v) is 17.9. The second-order valence-electron chi connectivity index (χ2n) is 6.34. The summed E-state index contributed by atoms with van der Waals surface area (Å²) in [7, 11) is -2.35. The van der Waals surface area contributed by atoms with Gasteiger partial charge in [-0.15, -0.1) is 5.10 Å². The van der Waals surface area contributed by atoms with E-state index in [1.807, 2.05) is 12.1 Å². The number of halogens is 2. The molecule has 0 spiro atoms. The van der Waals surface area contributed by atoms with E-state index in [1.165, 1.54) is 12.1 Å². The van der Waals surface area contributed by atoms with Crippen molar-refractivity contribution >= 4 is 27.5 Å². The van der Waals surface area contributed by atoms with E-state index in [0.717, 1.165) is 29.5 Å². The summed E-state index contributed by atoms with van der Waals surface area (Å²) in [4.78, 5) is 12.0. The highest BCUT2D eigenvalue weighted by Crippen LogP contribution is 2.19. The van der Waals surface area contributed by atoms with Crippen molar-refractivity contribution in [2.75, 3.05) is 7.11 Å². The van der Waals surface area contributed by atoms with Crippen molar-refractivity contribution in [3.8, 4) is 5.75 Å². The van der Waals surface area contributed by atoms with Gasteiger partial charge in [0.05, 0.1) is 29.3 Å².